The molecule has 2 aromatic carbocycles. The molecule has 0 aliphatic carbocycles. The van der Waals surface area contributed by atoms with Crippen molar-refractivity contribution >= 4 is 23.7 Å². The summed E-state index contributed by atoms with van der Waals surface area (Å²) in [6, 6.07) is 13.6. The topological polar surface area (TPSA) is 187 Å². The van der Waals surface area contributed by atoms with Gasteiger partial charge in [0.1, 0.15) is 0 Å². The first-order valence-corrected chi connectivity index (χ1v) is 7.35. The molecule has 2 amide bonds. The minimum absolute atomic E-state index is 0.237. The Balaban J connectivity index is 2.09. The molecule has 0 aliphatic rings. The molecule has 0 fully saturated rings. The summed E-state index contributed by atoms with van der Waals surface area (Å²) in [4.78, 5) is 23.6. The number of rotatable bonds is 5. The Morgan fingerprint density at radius 3 is 1.19 bits per heavy atom. The van der Waals surface area contributed by atoms with Crippen LogP contribution < -0.4 is 33.8 Å². The molecule has 134 valence electrons. The third kappa shape index (κ3) is 4.96. The van der Waals surface area contributed by atoms with Crippen LogP contribution in [0.4, 0.5) is 0 Å². The maximum absolute atomic E-state index is 11.8. The number of benzene rings is 2. The van der Waals surface area contributed by atoms with Crippen LogP contribution in [0.5, 0.6) is 0 Å². The van der Waals surface area contributed by atoms with Crippen LogP contribution >= 0.6 is 0 Å². The Morgan fingerprint density at radius 2 is 0.923 bits per heavy atom. The van der Waals surface area contributed by atoms with Crippen molar-refractivity contribution in [1.82, 2.24) is 10.9 Å². The van der Waals surface area contributed by atoms with E-state index in [9.17, 15) is 9.59 Å². The number of hydrogen-bond acceptors (Lipinski definition) is 4. The van der Waals surface area contributed by atoms with Gasteiger partial charge < -0.3 is 22.9 Å². The van der Waals surface area contributed by atoms with Crippen LogP contribution in [0, 0.1) is 0 Å². The fourth-order valence-corrected chi connectivity index (χ4v) is 1.99. The molecule has 2 rings (SSSR count). The van der Waals surface area contributed by atoms with Gasteiger partial charge in [0, 0.05) is 11.1 Å². The van der Waals surface area contributed by atoms with Gasteiger partial charge in [-0.3, -0.25) is 9.59 Å². The Morgan fingerprint density at radius 1 is 0.615 bits per heavy atom. The second-order valence-electron chi connectivity index (χ2n) is 5.11. The monoisotopic (exact) mass is 354 g/mol. The molecule has 0 aromatic heterocycles. The Hall–Kier alpha value is -4.08. The second kappa shape index (κ2) is 8.15. The summed E-state index contributed by atoms with van der Waals surface area (Å²) in [7, 11) is 0. The van der Waals surface area contributed by atoms with Gasteiger partial charge in [0.2, 0.25) is 11.9 Å². The van der Waals surface area contributed by atoms with Crippen molar-refractivity contribution in [3.8, 4) is 11.1 Å². The average Bonchev–Trinajstić information content (AvgIpc) is 2.64. The van der Waals surface area contributed by atoms with E-state index in [-0.39, 0.29) is 11.9 Å². The Kier molecular flexibility index (Phi) is 5.72. The molecular weight excluding hydrogens is 336 g/mol. The lowest BCUT2D eigenvalue weighted by molar-refractivity contribution is 0.0946. The standard InChI is InChI=1S/C16H18N8O2/c17-15(18)23-21-13(25)11-5-1-9(2-6-11)10-3-7-12(8-4-10)14(26)22-24-16(19)20/h1-8H,(H,21,25)(H,22,26)(H4,17,18,23)(H4,19,20,24). The summed E-state index contributed by atoms with van der Waals surface area (Å²) in [5, 5.41) is 6.89. The molecule has 10 nitrogen and oxygen atoms in total. The zero-order chi connectivity index (χ0) is 19.1. The molecule has 0 saturated heterocycles. The number of guanidine groups is 2. The SMILES string of the molecule is NC(N)=NNC(=O)c1ccc(-c2ccc(C(=O)NN=C(N)N)cc2)cc1. The number of nitrogens with zero attached hydrogens (tertiary/aromatic N) is 2. The summed E-state index contributed by atoms with van der Waals surface area (Å²) in [5.74, 6) is -1.34. The number of nitrogens with one attached hydrogen (secondary N) is 2. The lowest BCUT2D eigenvalue weighted by Gasteiger charge is -2.05. The van der Waals surface area contributed by atoms with Crippen LogP contribution in [-0.4, -0.2) is 23.7 Å². The van der Waals surface area contributed by atoms with E-state index in [0.717, 1.165) is 11.1 Å². The fraction of sp³-hybridized carbons (Fsp3) is 0. The fourth-order valence-electron chi connectivity index (χ4n) is 1.99. The van der Waals surface area contributed by atoms with Crippen LogP contribution in [0.25, 0.3) is 11.1 Å². The number of nitrogens with two attached hydrogens (primary N) is 4. The maximum atomic E-state index is 11.8. The molecule has 0 unspecified atom stereocenters. The molecule has 26 heavy (non-hydrogen) atoms. The van der Waals surface area contributed by atoms with Crippen LogP contribution in [0.1, 0.15) is 20.7 Å². The van der Waals surface area contributed by atoms with Crippen LogP contribution in [0.2, 0.25) is 0 Å². The molecule has 0 bridgehead atoms. The predicted molar refractivity (Wildman–Crippen MR) is 98.4 cm³/mol. The smallest absolute Gasteiger partial charge is 0.271 e. The summed E-state index contributed by atoms with van der Waals surface area (Å²) >= 11 is 0. The molecule has 0 atom stereocenters. The van der Waals surface area contributed by atoms with E-state index >= 15 is 0 Å². The highest BCUT2D eigenvalue weighted by atomic mass is 16.2. The normalized spacial score (nSPS) is 9.69. The van der Waals surface area contributed by atoms with E-state index < -0.39 is 11.8 Å². The Bertz CT molecular complexity index is 775. The van der Waals surface area contributed by atoms with Gasteiger partial charge in [-0.05, 0) is 35.4 Å². The average molecular weight is 354 g/mol. The number of carbonyl (C=O) groups is 2. The van der Waals surface area contributed by atoms with Crippen LogP contribution in [0.15, 0.2) is 58.7 Å². The molecule has 0 aliphatic heterocycles. The molecule has 0 heterocycles. The minimum atomic E-state index is -0.434. The van der Waals surface area contributed by atoms with Gasteiger partial charge in [0.05, 0.1) is 0 Å². The first-order valence-electron chi connectivity index (χ1n) is 7.35. The van der Waals surface area contributed by atoms with Gasteiger partial charge in [-0.2, -0.15) is 0 Å². The van der Waals surface area contributed by atoms with Crippen molar-refractivity contribution in [3.63, 3.8) is 0 Å². The third-order valence-corrected chi connectivity index (χ3v) is 3.20. The third-order valence-electron chi connectivity index (χ3n) is 3.20. The van der Waals surface area contributed by atoms with Gasteiger partial charge >= 0.3 is 0 Å². The Labute approximate surface area is 148 Å². The number of amides is 2. The lowest BCUT2D eigenvalue weighted by Crippen LogP contribution is -2.29. The second-order valence-corrected chi connectivity index (χ2v) is 5.11. The molecule has 0 radical (unpaired) electrons. The van der Waals surface area contributed by atoms with Crippen molar-refractivity contribution in [1.29, 1.82) is 0 Å². The number of hydrazone groups is 2. The summed E-state index contributed by atoms with van der Waals surface area (Å²) in [5.41, 5.74) is 27.6. The summed E-state index contributed by atoms with van der Waals surface area (Å²) in [6.07, 6.45) is 0. The van der Waals surface area contributed by atoms with E-state index in [0.29, 0.717) is 11.1 Å². The van der Waals surface area contributed by atoms with E-state index in [2.05, 4.69) is 21.1 Å². The predicted octanol–water partition coefficient (Wildman–Crippen LogP) is -0.810. The molecule has 0 saturated carbocycles. The van der Waals surface area contributed by atoms with Crippen molar-refractivity contribution in [3.05, 3.63) is 59.7 Å². The minimum Gasteiger partial charge on any atom is -0.369 e. The first-order chi connectivity index (χ1) is 12.4. The molecular formula is C16H18N8O2. The van der Waals surface area contributed by atoms with Crippen LogP contribution in [0.3, 0.4) is 0 Å². The largest absolute Gasteiger partial charge is 0.369 e. The van der Waals surface area contributed by atoms with E-state index in [1.165, 1.54) is 0 Å². The molecule has 10 N–H and O–H groups in total. The van der Waals surface area contributed by atoms with Crippen molar-refractivity contribution in [2.45, 2.75) is 0 Å². The highest BCUT2D eigenvalue weighted by Crippen LogP contribution is 2.20. The summed E-state index contributed by atoms with van der Waals surface area (Å²) < 4.78 is 0. The highest BCUT2D eigenvalue weighted by Gasteiger charge is 2.07. The van der Waals surface area contributed by atoms with E-state index in [1.54, 1.807) is 48.5 Å². The number of hydrogen-bond donors (Lipinski definition) is 6. The number of carbonyl (C=O) groups excluding carboxylic acids is 2. The van der Waals surface area contributed by atoms with Gasteiger partial charge in [0.15, 0.2) is 0 Å². The van der Waals surface area contributed by atoms with Crippen molar-refractivity contribution in [2.75, 3.05) is 0 Å². The van der Waals surface area contributed by atoms with Gasteiger partial charge in [-0.15, -0.1) is 10.2 Å². The quantitative estimate of drug-likeness (QED) is 0.231. The zero-order valence-corrected chi connectivity index (χ0v) is 13.6. The molecule has 0 spiro atoms. The van der Waals surface area contributed by atoms with Gasteiger partial charge in [-0.1, -0.05) is 24.3 Å². The summed E-state index contributed by atoms with van der Waals surface area (Å²) in [6.45, 7) is 0. The lowest BCUT2D eigenvalue weighted by atomic mass is 10.0. The van der Waals surface area contributed by atoms with E-state index in [1.807, 2.05) is 0 Å². The first kappa shape index (κ1) is 18.3. The van der Waals surface area contributed by atoms with Crippen molar-refractivity contribution < 1.29 is 9.59 Å². The van der Waals surface area contributed by atoms with Gasteiger partial charge in [-0.25, -0.2) is 10.9 Å². The highest BCUT2D eigenvalue weighted by molar-refractivity contribution is 5.96. The zero-order valence-electron chi connectivity index (χ0n) is 13.6. The van der Waals surface area contributed by atoms with Crippen LogP contribution in [-0.2, 0) is 0 Å². The van der Waals surface area contributed by atoms with E-state index in [4.69, 9.17) is 22.9 Å². The van der Waals surface area contributed by atoms with Crippen molar-refractivity contribution in [2.24, 2.45) is 33.1 Å². The maximum Gasteiger partial charge on any atom is 0.271 e. The molecule has 2 aromatic rings. The molecule has 10 heteroatoms. The van der Waals surface area contributed by atoms with Gasteiger partial charge in [0.25, 0.3) is 11.8 Å².